The minimum atomic E-state index is -0.177. The van der Waals surface area contributed by atoms with Crippen LogP contribution in [0.25, 0.3) is 10.2 Å². The van der Waals surface area contributed by atoms with Crippen LogP contribution in [-0.2, 0) is 6.61 Å². The fourth-order valence-corrected chi connectivity index (χ4v) is 3.93. The summed E-state index contributed by atoms with van der Waals surface area (Å²) in [4.78, 5) is 17.1. The van der Waals surface area contributed by atoms with Crippen LogP contribution in [0.4, 0.5) is 5.13 Å². The highest BCUT2D eigenvalue weighted by molar-refractivity contribution is 7.22. The summed E-state index contributed by atoms with van der Waals surface area (Å²) in [5.74, 6) is 0.551. The molecule has 5 heteroatoms. The number of rotatable bonds is 5. The molecule has 28 heavy (non-hydrogen) atoms. The molecule has 0 unspecified atom stereocenters. The van der Waals surface area contributed by atoms with E-state index in [2.05, 4.69) is 29.4 Å². The number of carbonyl (C=O) groups excluding carboxylic acids is 1. The first-order chi connectivity index (χ1) is 13.6. The molecule has 0 atom stereocenters. The van der Waals surface area contributed by atoms with Gasteiger partial charge in [0.05, 0.1) is 10.2 Å². The highest BCUT2D eigenvalue weighted by Gasteiger charge is 2.12. The Bertz CT molecular complexity index is 1080. The minimum Gasteiger partial charge on any atom is -0.489 e. The number of benzene rings is 3. The van der Waals surface area contributed by atoms with Crippen molar-refractivity contribution >= 4 is 32.6 Å². The van der Waals surface area contributed by atoms with Crippen molar-refractivity contribution in [2.45, 2.75) is 20.5 Å². The molecule has 1 amide bonds. The average Bonchev–Trinajstić information content (AvgIpc) is 3.15. The number of hydrogen-bond donors (Lipinski definition) is 1. The van der Waals surface area contributed by atoms with Crippen molar-refractivity contribution in [2.75, 3.05) is 5.32 Å². The lowest BCUT2D eigenvalue weighted by Crippen LogP contribution is -2.11. The van der Waals surface area contributed by atoms with Crippen LogP contribution in [0, 0.1) is 13.8 Å². The second-order valence-corrected chi connectivity index (χ2v) is 7.65. The fourth-order valence-electron chi connectivity index (χ4n) is 2.93. The van der Waals surface area contributed by atoms with Gasteiger partial charge < -0.3 is 4.74 Å². The van der Waals surface area contributed by atoms with Crippen LogP contribution in [0.5, 0.6) is 5.75 Å². The van der Waals surface area contributed by atoms with Crippen LogP contribution in [0.3, 0.4) is 0 Å². The van der Waals surface area contributed by atoms with Crippen molar-refractivity contribution in [1.29, 1.82) is 0 Å². The number of thiazole rings is 1. The highest BCUT2D eigenvalue weighted by atomic mass is 32.1. The maximum Gasteiger partial charge on any atom is 0.257 e. The van der Waals surface area contributed by atoms with Crippen LogP contribution in [-0.4, -0.2) is 10.9 Å². The van der Waals surface area contributed by atoms with Gasteiger partial charge in [0.15, 0.2) is 5.13 Å². The second kappa shape index (κ2) is 7.82. The molecule has 0 aliphatic heterocycles. The van der Waals surface area contributed by atoms with E-state index in [4.69, 9.17) is 4.74 Å². The average molecular weight is 388 g/mol. The summed E-state index contributed by atoms with van der Waals surface area (Å²) in [6.07, 6.45) is 0. The second-order valence-electron chi connectivity index (χ2n) is 6.65. The zero-order chi connectivity index (χ0) is 19.5. The number of anilines is 1. The summed E-state index contributed by atoms with van der Waals surface area (Å²) in [5, 5.41) is 3.52. The van der Waals surface area contributed by atoms with Gasteiger partial charge in [0.25, 0.3) is 5.91 Å². The van der Waals surface area contributed by atoms with E-state index in [1.165, 1.54) is 16.9 Å². The van der Waals surface area contributed by atoms with Gasteiger partial charge in [0.1, 0.15) is 12.4 Å². The molecule has 140 valence electrons. The monoisotopic (exact) mass is 388 g/mol. The predicted molar refractivity (Wildman–Crippen MR) is 114 cm³/mol. The number of fused-ring (bicyclic) bond motifs is 1. The summed E-state index contributed by atoms with van der Waals surface area (Å²) < 4.78 is 6.88. The van der Waals surface area contributed by atoms with Crippen molar-refractivity contribution in [1.82, 2.24) is 4.98 Å². The van der Waals surface area contributed by atoms with E-state index in [9.17, 15) is 4.79 Å². The molecule has 0 saturated heterocycles. The Morgan fingerprint density at radius 1 is 0.964 bits per heavy atom. The Morgan fingerprint density at radius 2 is 1.68 bits per heavy atom. The van der Waals surface area contributed by atoms with Crippen molar-refractivity contribution < 1.29 is 9.53 Å². The number of carbonyl (C=O) groups is 1. The van der Waals surface area contributed by atoms with E-state index in [-0.39, 0.29) is 5.91 Å². The largest absolute Gasteiger partial charge is 0.489 e. The molecule has 0 spiro atoms. The number of hydrogen-bond acceptors (Lipinski definition) is 4. The van der Waals surface area contributed by atoms with E-state index < -0.39 is 0 Å². The molecule has 0 aliphatic carbocycles. The molecule has 4 aromatic rings. The molecule has 0 aliphatic rings. The number of aryl methyl sites for hydroxylation is 2. The molecule has 4 nitrogen and oxygen atoms in total. The van der Waals surface area contributed by atoms with Gasteiger partial charge >= 0.3 is 0 Å². The first kappa shape index (κ1) is 18.2. The molecule has 3 aromatic carbocycles. The van der Waals surface area contributed by atoms with Crippen molar-refractivity contribution in [3.63, 3.8) is 0 Å². The van der Waals surface area contributed by atoms with Gasteiger partial charge in [-0.15, -0.1) is 0 Å². The molecule has 0 saturated carbocycles. The van der Waals surface area contributed by atoms with E-state index in [1.54, 1.807) is 12.1 Å². The quantitative estimate of drug-likeness (QED) is 0.474. The molecule has 0 bridgehead atoms. The van der Waals surface area contributed by atoms with Crippen LogP contribution >= 0.6 is 11.3 Å². The van der Waals surface area contributed by atoms with Crippen LogP contribution in [0.15, 0.2) is 66.7 Å². The number of nitrogens with zero attached hydrogens (tertiary/aromatic N) is 1. The molecule has 0 fully saturated rings. The molecule has 0 radical (unpaired) electrons. The molecule has 1 heterocycles. The molecular weight excluding hydrogens is 368 g/mol. The SMILES string of the molecule is Cc1ccc(C)c2sc(NC(=O)c3ccc(OCc4ccccc4)cc3)nc12. The fraction of sp³-hybridized carbons (Fsp3) is 0.130. The van der Waals surface area contributed by atoms with Gasteiger partial charge in [0, 0.05) is 5.56 Å². The summed E-state index contributed by atoms with van der Waals surface area (Å²) in [6.45, 7) is 4.58. The van der Waals surface area contributed by atoms with E-state index in [0.29, 0.717) is 17.3 Å². The number of amides is 1. The van der Waals surface area contributed by atoms with Gasteiger partial charge in [-0.25, -0.2) is 4.98 Å². The first-order valence-electron chi connectivity index (χ1n) is 9.05. The first-order valence-corrected chi connectivity index (χ1v) is 9.87. The number of nitrogens with one attached hydrogen (secondary N) is 1. The van der Waals surface area contributed by atoms with Gasteiger partial charge in [0.2, 0.25) is 0 Å². The molecular formula is C23H20N2O2S. The lowest BCUT2D eigenvalue weighted by Gasteiger charge is -2.07. The molecule has 1 aromatic heterocycles. The Labute approximate surface area is 167 Å². The zero-order valence-corrected chi connectivity index (χ0v) is 16.5. The highest BCUT2D eigenvalue weighted by Crippen LogP contribution is 2.31. The Balaban J connectivity index is 1.44. The molecule has 1 N–H and O–H groups in total. The topological polar surface area (TPSA) is 51.2 Å². The maximum atomic E-state index is 12.6. The molecule has 4 rings (SSSR count). The standard InChI is InChI=1S/C23H20N2O2S/c1-15-8-9-16(2)21-20(15)24-23(28-21)25-22(26)18-10-12-19(13-11-18)27-14-17-6-4-3-5-7-17/h3-13H,14H2,1-2H3,(H,24,25,26). The summed E-state index contributed by atoms with van der Waals surface area (Å²) in [5.41, 5.74) is 4.89. The normalized spacial score (nSPS) is 10.8. The Hall–Kier alpha value is -3.18. The summed E-state index contributed by atoms with van der Waals surface area (Å²) in [7, 11) is 0. The van der Waals surface area contributed by atoms with E-state index in [1.807, 2.05) is 49.4 Å². The third-order valence-corrected chi connectivity index (χ3v) is 5.63. The maximum absolute atomic E-state index is 12.6. The predicted octanol–water partition coefficient (Wildman–Crippen LogP) is 5.74. The number of aromatic nitrogens is 1. The van der Waals surface area contributed by atoms with Crippen LogP contribution in [0.2, 0.25) is 0 Å². The van der Waals surface area contributed by atoms with E-state index in [0.717, 1.165) is 27.1 Å². The summed E-state index contributed by atoms with van der Waals surface area (Å²) >= 11 is 1.50. The van der Waals surface area contributed by atoms with Gasteiger partial charge in [-0.2, -0.15) is 0 Å². The van der Waals surface area contributed by atoms with Gasteiger partial charge in [-0.05, 0) is 54.8 Å². The van der Waals surface area contributed by atoms with Crippen LogP contribution < -0.4 is 10.1 Å². The van der Waals surface area contributed by atoms with Crippen molar-refractivity contribution in [3.05, 3.63) is 89.0 Å². The van der Waals surface area contributed by atoms with Crippen molar-refractivity contribution in [2.24, 2.45) is 0 Å². The van der Waals surface area contributed by atoms with Crippen molar-refractivity contribution in [3.8, 4) is 5.75 Å². The third-order valence-electron chi connectivity index (χ3n) is 4.53. The smallest absolute Gasteiger partial charge is 0.257 e. The van der Waals surface area contributed by atoms with E-state index >= 15 is 0 Å². The minimum absolute atomic E-state index is 0.177. The lowest BCUT2D eigenvalue weighted by molar-refractivity contribution is 0.102. The Morgan fingerprint density at radius 3 is 2.39 bits per heavy atom. The number of ether oxygens (including phenoxy) is 1. The van der Waals surface area contributed by atoms with Crippen LogP contribution in [0.1, 0.15) is 27.0 Å². The summed E-state index contributed by atoms with van der Waals surface area (Å²) in [6, 6.07) is 21.3. The Kier molecular flexibility index (Phi) is 5.08. The third kappa shape index (κ3) is 3.89. The van der Waals surface area contributed by atoms with Gasteiger partial charge in [-0.3, -0.25) is 10.1 Å². The lowest BCUT2D eigenvalue weighted by atomic mass is 10.1. The van der Waals surface area contributed by atoms with Gasteiger partial charge in [-0.1, -0.05) is 53.8 Å². The zero-order valence-electron chi connectivity index (χ0n) is 15.7.